The lowest BCUT2D eigenvalue weighted by atomic mass is 9.97. The zero-order valence-electron chi connectivity index (χ0n) is 21.1. The first-order valence-electron chi connectivity index (χ1n) is 12.1. The lowest BCUT2D eigenvalue weighted by Gasteiger charge is -2.28. The van der Waals surface area contributed by atoms with E-state index < -0.39 is 17.7 Å². The molecule has 0 saturated carbocycles. The van der Waals surface area contributed by atoms with Gasteiger partial charge < -0.3 is 14.6 Å². The van der Waals surface area contributed by atoms with Crippen molar-refractivity contribution < 1.29 is 32.5 Å². The SMILES string of the molecule is Cc1cscc1-c1ccc(COc2ccc3c(c2)OCC(CN2CCC=C(C(=O)O)C2)=C3)cc1C(F)(F)F.Cl. The van der Waals surface area contributed by atoms with Crippen LogP contribution in [-0.2, 0) is 17.6 Å². The number of fused-ring (bicyclic) bond motifs is 1. The molecule has 0 unspecified atom stereocenters. The van der Waals surface area contributed by atoms with E-state index in [0.29, 0.717) is 54.3 Å². The predicted molar refractivity (Wildman–Crippen MR) is 148 cm³/mol. The average molecular weight is 578 g/mol. The normalized spacial score (nSPS) is 15.4. The summed E-state index contributed by atoms with van der Waals surface area (Å²) in [6.07, 6.45) is 0.0173. The van der Waals surface area contributed by atoms with E-state index in [-0.39, 0.29) is 24.6 Å². The zero-order chi connectivity index (χ0) is 26.9. The molecule has 0 atom stereocenters. The van der Waals surface area contributed by atoms with Crippen LogP contribution in [0.4, 0.5) is 13.2 Å². The molecule has 206 valence electrons. The maximum absolute atomic E-state index is 13.8. The number of halogens is 4. The van der Waals surface area contributed by atoms with Gasteiger partial charge in [0.05, 0.1) is 5.56 Å². The second-order valence-electron chi connectivity index (χ2n) is 9.46. The molecule has 2 aromatic carbocycles. The van der Waals surface area contributed by atoms with Gasteiger partial charge in [-0.3, -0.25) is 4.90 Å². The number of alkyl halides is 3. The third-order valence-electron chi connectivity index (χ3n) is 6.63. The smallest absolute Gasteiger partial charge is 0.417 e. The maximum Gasteiger partial charge on any atom is 0.417 e. The third kappa shape index (κ3) is 6.66. The summed E-state index contributed by atoms with van der Waals surface area (Å²) in [5.74, 6) is 0.249. The van der Waals surface area contributed by atoms with Crippen LogP contribution in [0.5, 0.6) is 11.5 Å². The minimum Gasteiger partial charge on any atom is -0.489 e. The highest BCUT2D eigenvalue weighted by atomic mass is 35.5. The number of rotatable bonds is 7. The molecule has 39 heavy (non-hydrogen) atoms. The van der Waals surface area contributed by atoms with Crippen LogP contribution in [-0.4, -0.2) is 42.2 Å². The second-order valence-corrected chi connectivity index (χ2v) is 10.2. The number of ether oxygens (including phenoxy) is 2. The number of hydrogen-bond acceptors (Lipinski definition) is 5. The van der Waals surface area contributed by atoms with E-state index in [2.05, 4.69) is 4.90 Å². The molecule has 1 aromatic heterocycles. The highest BCUT2D eigenvalue weighted by Gasteiger charge is 2.34. The van der Waals surface area contributed by atoms with Crippen molar-refractivity contribution >= 4 is 35.8 Å². The molecule has 2 aliphatic rings. The lowest BCUT2D eigenvalue weighted by Crippen LogP contribution is -2.34. The quantitative estimate of drug-likeness (QED) is 0.321. The number of nitrogens with zero attached hydrogens (tertiary/aromatic N) is 1. The zero-order valence-corrected chi connectivity index (χ0v) is 22.7. The van der Waals surface area contributed by atoms with E-state index in [4.69, 9.17) is 9.47 Å². The van der Waals surface area contributed by atoms with Gasteiger partial charge in [-0.05, 0) is 76.2 Å². The summed E-state index contributed by atoms with van der Waals surface area (Å²) in [6, 6.07) is 9.69. The molecule has 2 aliphatic heterocycles. The van der Waals surface area contributed by atoms with Gasteiger partial charge in [-0.1, -0.05) is 18.2 Å². The molecular weight excluding hydrogens is 551 g/mol. The van der Waals surface area contributed by atoms with E-state index in [0.717, 1.165) is 29.3 Å². The van der Waals surface area contributed by atoms with Crippen LogP contribution in [0.1, 0.15) is 28.7 Å². The van der Waals surface area contributed by atoms with Crippen molar-refractivity contribution in [3.05, 3.63) is 86.6 Å². The van der Waals surface area contributed by atoms with Crippen molar-refractivity contribution in [2.45, 2.75) is 26.1 Å². The van der Waals surface area contributed by atoms with Crippen molar-refractivity contribution in [2.75, 3.05) is 26.2 Å². The second kappa shape index (κ2) is 11.9. The van der Waals surface area contributed by atoms with Crippen LogP contribution in [0.25, 0.3) is 17.2 Å². The van der Waals surface area contributed by atoms with Crippen LogP contribution in [0.15, 0.2) is 64.4 Å². The van der Waals surface area contributed by atoms with Crippen LogP contribution in [0, 0.1) is 6.92 Å². The summed E-state index contributed by atoms with van der Waals surface area (Å²) in [5.41, 5.74) is 3.65. The molecule has 5 nitrogen and oxygen atoms in total. The minimum absolute atomic E-state index is 0. The molecule has 0 bridgehead atoms. The fourth-order valence-corrected chi connectivity index (χ4v) is 5.56. The van der Waals surface area contributed by atoms with Crippen molar-refractivity contribution in [3.63, 3.8) is 0 Å². The fraction of sp³-hybridized carbons (Fsp3) is 0.276. The number of carboxylic acids is 1. The number of thiophene rings is 1. The molecule has 0 radical (unpaired) electrons. The molecule has 3 aromatic rings. The van der Waals surface area contributed by atoms with Crippen molar-refractivity contribution in [3.8, 4) is 22.6 Å². The Balaban J connectivity index is 0.00000353. The van der Waals surface area contributed by atoms with Crippen LogP contribution in [0.2, 0.25) is 0 Å². The van der Waals surface area contributed by atoms with Crippen molar-refractivity contribution in [2.24, 2.45) is 0 Å². The summed E-state index contributed by atoms with van der Waals surface area (Å²) in [5, 5.41) is 12.8. The van der Waals surface area contributed by atoms with Gasteiger partial charge in [0.1, 0.15) is 24.7 Å². The van der Waals surface area contributed by atoms with Gasteiger partial charge in [-0.25, -0.2) is 4.79 Å². The van der Waals surface area contributed by atoms with Gasteiger partial charge in [-0.2, -0.15) is 24.5 Å². The molecular formula is C29H27ClF3NO4S. The van der Waals surface area contributed by atoms with Crippen LogP contribution < -0.4 is 9.47 Å². The first kappa shape index (κ1) is 28.7. The molecule has 0 aliphatic carbocycles. The van der Waals surface area contributed by atoms with E-state index >= 15 is 0 Å². The van der Waals surface area contributed by atoms with E-state index in [1.54, 1.807) is 36.6 Å². The topological polar surface area (TPSA) is 59.0 Å². The molecule has 5 rings (SSSR count). The maximum atomic E-state index is 13.8. The lowest BCUT2D eigenvalue weighted by molar-refractivity contribution is -0.137. The standard InChI is InChI=1S/C29H26F3NO4S.ClH/c1-18-16-38-17-25(18)24-7-4-19(10-26(24)29(30,31)32)14-36-23-6-5-21-9-20(15-37-27(21)11-23)12-33-8-2-3-22(13-33)28(34)35;/h3-7,9-11,16-17H,2,8,12-15H2,1H3,(H,34,35);1H. The van der Waals surface area contributed by atoms with Gasteiger partial charge in [0.25, 0.3) is 0 Å². The Hall–Kier alpha value is -3.27. The number of benzene rings is 2. The van der Waals surface area contributed by atoms with Gasteiger partial charge in [0, 0.05) is 36.8 Å². The van der Waals surface area contributed by atoms with Crippen LogP contribution >= 0.6 is 23.7 Å². The third-order valence-corrected chi connectivity index (χ3v) is 7.49. The molecule has 0 saturated heterocycles. The van der Waals surface area contributed by atoms with Gasteiger partial charge in [-0.15, -0.1) is 12.4 Å². The summed E-state index contributed by atoms with van der Waals surface area (Å²) < 4.78 is 53.3. The molecule has 0 amide bonds. The molecule has 0 spiro atoms. The van der Waals surface area contributed by atoms with E-state index in [1.165, 1.54) is 17.4 Å². The number of aryl methyl sites for hydroxylation is 1. The van der Waals surface area contributed by atoms with Crippen molar-refractivity contribution in [1.82, 2.24) is 4.90 Å². The molecule has 3 heterocycles. The number of carboxylic acid groups (broad SMARTS) is 1. The Morgan fingerprint density at radius 2 is 1.97 bits per heavy atom. The summed E-state index contributed by atoms with van der Waals surface area (Å²) in [6.45, 7) is 3.97. The van der Waals surface area contributed by atoms with E-state index in [9.17, 15) is 23.1 Å². The Kier molecular flexibility index (Phi) is 8.73. The monoisotopic (exact) mass is 577 g/mol. The van der Waals surface area contributed by atoms with Crippen LogP contribution in [0.3, 0.4) is 0 Å². The number of hydrogen-bond donors (Lipinski definition) is 1. The summed E-state index contributed by atoms with van der Waals surface area (Å²) in [4.78, 5) is 13.4. The van der Waals surface area contributed by atoms with Gasteiger partial charge >= 0.3 is 12.1 Å². The Bertz CT molecular complexity index is 1430. The number of carbonyl (C=O) groups is 1. The predicted octanol–water partition coefficient (Wildman–Crippen LogP) is 7.24. The molecule has 1 N–H and O–H groups in total. The Morgan fingerprint density at radius 1 is 1.15 bits per heavy atom. The summed E-state index contributed by atoms with van der Waals surface area (Å²) in [7, 11) is 0. The van der Waals surface area contributed by atoms with Gasteiger partial charge in [0.2, 0.25) is 0 Å². The highest BCUT2D eigenvalue weighted by Crippen LogP contribution is 2.40. The minimum atomic E-state index is -4.48. The average Bonchev–Trinajstić information content (AvgIpc) is 3.32. The highest BCUT2D eigenvalue weighted by molar-refractivity contribution is 7.08. The van der Waals surface area contributed by atoms with E-state index in [1.807, 2.05) is 17.5 Å². The fourth-order valence-electron chi connectivity index (χ4n) is 4.71. The molecule has 0 fully saturated rings. The largest absolute Gasteiger partial charge is 0.489 e. The molecule has 10 heteroatoms. The number of aliphatic carboxylic acids is 1. The Morgan fingerprint density at radius 3 is 2.69 bits per heavy atom. The Labute approximate surface area is 234 Å². The first-order chi connectivity index (χ1) is 18.2. The first-order valence-corrected chi connectivity index (χ1v) is 13.1. The summed E-state index contributed by atoms with van der Waals surface area (Å²) >= 11 is 1.38. The van der Waals surface area contributed by atoms with Crippen molar-refractivity contribution in [1.29, 1.82) is 0 Å². The van der Waals surface area contributed by atoms with Gasteiger partial charge in [0.15, 0.2) is 0 Å².